The summed E-state index contributed by atoms with van der Waals surface area (Å²) in [6, 6.07) is 9.15. The number of likely N-dealkylation sites (tertiary alicyclic amines) is 1. The molecule has 4 rings (SSSR count). The zero-order chi connectivity index (χ0) is 18.8. The maximum absolute atomic E-state index is 12.9. The summed E-state index contributed by atoms with van der Waals surface area (Å²) in [4.78, 5) is 28.8. The highest BCUT2D eigenvalue weighted by Gasteiger charge is 2.32. The molecule has 1 unspecified atom stereocenters. The number of nitrogens with one attached hydrogen (secondary N) is 1. The van der Waals surface area contributed by atoms with Gasteiger partial charge in [0.25, 0.3) is 5.91 Å². The van der Waals surface area contributed by atoms with Crippen LogP contribution in [0.25, 0.3) is 5.69 Å². The summed E-state index contributed by atoms with van der Waals surface area (Å²) in [5, 5.41) is 8.14. The molecule has 2 aromatic rings. The van der Waals surface area contributed by atoms with E-state index in [2.05, 4.69) is 10.4 Å². The fourth-order valence-corrected chi connectivity index (χ4v) is 3.95. The molecule has 3 heterocycles. The van der Waals surface area contributed by atoms with Crippen LogP contribution in [0.2, 0.25) is 5.02 Å². The van der Waals surface area contributed by atoms with E-state index in [0.29, 0.717) is 36.9 Å². The van der Waals surface area contributed by atoms with Gasteiger partial charge in [0.1, 0.15) is 0 Å². The van der Waals surface area contributed by atoms with Crippen molar-refractivity contribution in [3.8, 4) is 5.69 Å². The molecule has 28 heavy (non-hydrogen) atoms. The Kier molecular flexibility index (Phi) is 6.59. The lowest BCUT2D eigenvalue weighted by Crippen LogP contribution is -2.57. The molecule has 7 nitrogen and oxygen atoms in total. The van der Waals surface area contributed by atoms with Crippen molar-refractivity contribution in [1.29, 1.82) is 0 Å². The van der Waals surface area contributed by atoms with E-state index in [1.165, 1.54) is 0 Å². The number of amides is 2. The van der Waals surface area contributed by atoms with Crippen LogP contribution in [-0.4, -0.2) is 70.2 Å². The van der Waals surface area contributed by atoms with Crippen molar-refractivity contribution < 1.29 is 9.59 Å². The fraction of sp³-hybridized carbons (Fsp3) is 0.421. The second-order valence-corrected chi connectivity index (χ2v) is 7.37. The predicted octanol–water partition coefficient (Wildman–Crippen LogP) is 1.98. The van der Waals surface area contributed by atoms with Crippen molar-refractivity contribution in [3.63, 3.8) is 0 Å². The summed E-state index contributed by atoms with van der Waals surface area (Å²) < 4.78 is 1.65. The first-order chi connectivity index (χ1) is 13.1. The zero-order valence-electron chi connectivity index (χ0n) is 15.4. The largest absolute Gasteiger partial charge is 0.336 e. The minimum Gasteiger partial charge on any atom is -0.336 e. The summed E-state index contributed by atoms with van der Waals surface area (Å²) in [5.41, 5.74) is 1.21. The molecule has 1 aromatic heterocycles. The number of benzene rings is 1. The van der Waals surface area contributed by atoms with Crippen molar-refractivity contribution in [2.75, 3.05) is 32.7 Å². The van der Waals surface area contributed by atoms with Crippen molar-refractivity contribution in [3.05, 3.63) is 47.2 Å². The summed E-state index contributed by atoms with van der Waals surface area (Å²) >= 11 is 6.03. The molecule has 2 amide bonds. The van der Waals surface area contributed by atoms with Crippen LogP contribution in [-0.2, 0) is 4.79 Å². The molecule has 150 valence electrons. The second-order valence-electron chi connectivity index (χ2n) is 6.94. The van der Waals surface area contributed by atoms with Crippen LogP contribution in [0.15, 0.2) is 36.5 Å². The van der Waals surface area contributed by atoms with Gasteiger partial charge in [0, 0.05) is 43.4 Å². The normalized spacial score (nSPS) is 20.0. The Bertz CT molecular complexity index is 856. The topological polar surface area (TPSA) is 70.5 Å². The van der Waals surface area contributed by atoms with Gasteiger partial charge in [-0.05, 0) is 37.1 Å². The molecule has 2 aliphatic rings. The molecule has 0 radical (unpaired) electrons. The van der Waals surface area contributed by atoms with Crippen LogP contribution in [0.4, 0.5) is 0 Å². The Morgan fingerprint density at radius 2 is 2.11 bits per heavy atom. The van der Waals surface area contributed by atoms with Gasteiger partial charge in [-0.3, -0.25) is 9.59 Å². The number of aromatic nitrogens is 2. The molecule has 0 saturated carbocycles. The van der Waals surface area contributed by atoms with Crippen LogP contribution in [0.1, 0.15) is 23.3 Å². The predicted molar refractivity (Wildman–Crippen MR) is 109 cm³/mol. The number of carbonyl (C=O) groups is 2. The summed E-state index contributed by atoms with van der Waals surface area (Å²) in [5.74, 6) is 0.0221. The van der Waals surface area contributed by atoms with E-state index < -0.39 is 0 Å². The third kappa shape index (κ3) is 4.32. The third-order valence-electron chi connectivity index (χ3n) is 5.13. The van der Waals surface area contributed by atoms with E-state index >= 15 is 0 Å². The van der Waals surface area contributed by atoms with Crippen LogP contribution < -0.4 is 5.32 Å². The van der Waals surface area contributed by atoms with Crippen LogP contribution in [0, 0.1) is 0 Å². The molecule has 0 aliphatic carbocycles. The molecule has 2 saturated heterocycles. The number of piperazine rings is 1. The van der Waals surface area contributed by atoms with Gasteiger partial charge in [-0.15, -0.1) is 12.4 Å². The smallest absolute Gasteiger partial charge is 0.274 e. The van der Waals surface area contributed by atoms with Gasteiger partial charge in [0.15, 0.2) is 5.69 Å². The van der Waals surface area contributed by atoms with Crippen molar-refractivity contribution in [2.45, 2.75) is 18.9 Å². The van der Waals surface area contributed by atoms with Crippen molar-refractivity contribution in [2.24, 2.45) is 0 Å². The maximum atomic E-state index is 12.9. The quantitative estimate of drug-likeness (QED) is 0.818. The molecular weight excluding hydrogens is 401 g/mol. The number of hydrogen-bond acceptors (Lipinski definition) is 4. The Balaban J connectivity index is 0.00000225. The van der Waals surface area contributed by atoms with Gasteiger partial charge >= 0.3 is 0 Å². The number of rotatable bonds is 3. The van der Waals surface area contributed by atoms with E-state index in [1.807, 2.05) is 21.9 Å². The molecule has 9 heteroatoms. The van der Waals surface area contributed by atoms with Crippen molar-refractivity contribution >= 4 is 35.8 Å². The van der Waals surface area contributed by atoms with Gasteiger partial charge in [-0.2, -0.15) is 5.10 Å². The van der Waals surface area contributed by atoms with Crippen LogP contribution in [0.5, 0.6) is 0 Å². The Morgan fingerprint density at radius 3 is 2.89 bits per heavy atom. The molecule has 1 N–H and O–H groups in total. The molecule has 2 fully saturated rings. The van der Waals surface area contributed by atoms with Gasteiger partial charge in [0.05, 0.1) is 12.2 Å². The highest BCUT2D eigenvalue weighted by molar-refractivity contribution is 6.30. The second kappa shape index (κ2) is 8.94. The number of piperidine rings is 1. The van der Waals surface area contributed by atoms with Crippen molar-refractivity contribution in [1.82, 2.24) is 24.9 Å². The minimum absolute atomic E-state index is 0. The number of carbonyl (C=O) groups excluding carboxylic acids is 2. The molecule has 2 aliphatic heterocycles. The van der Waals surface area contributed by atoms with Gasteiger partial charge in [0.2, 0.25) is 5.91 Å². The third-order valence-corrected chi connectivity index (χ3v) is 5.37. The van der Waals surface area contributed by atoms with E-state index in [0.717, 1.165) is 25.1 Å². The monoisotopic (exact) mass is 423 g/mol. The zero-order valence-corrected chi connectivity index (χ0v) is 17.0. The minimum atomic E-state index is -0.0944. The fourth-order valence-electron chi connectivity index (χ4n) is 3.76. The summed E-state index contributed by atoms with van der Waals surface area (Å²) in [7, 11) is 0. The van der Waals surface area contributed by atoms with Gasteiger partial charge in [-0.1, -0.05) is 17.7 Å². The molecule has 1 aromatic carbocycles. The SMILES string of the molecule is Cl.O=C(c1ccn(-c2cccc(Cl)c2)n1)N1CCCC(N2CCNCC2=O)C1. The van der Waals surface area contributed by atoms with Crippen LogP contribution >= 0.6 is 24.0 Å². The lowest BCUT2D eigenvalue weighted by atomic mass is 10.0. The molecular formula is C19H23Cl2N5O2. The standard InChI is InChI=1S/C19H22ClN5O2.ClH/c20-14-3-1-4-15(11-14)25-9-6-17(22-25)19(27)23-8-2-5-16(13-23)24-10-7-21-12-18(24)26;/h1,3-4,6,9,11,16,21H,2,5,7-8,10,12-13H2;1H. The summed E-state index contributed by atoms with van der Waals surface area (Å²) in [6.45, 7) is 3.15. The Hall–Kier alpha value is -2.09. The van der Waals surface area contributed by atoms with Gasteiger partial charge in [-0.25, -0.2) is 4.68 Å². The number of nitrogens with zero attached hydrogens (tertiary/aromatic N) is 4. The van der Waals surface area contributed by atoms with E-state index in [9.17, 15) is 9.59 Å². The average Bonchev–Trinajstić information content (AvgIpc) is 3.18. The lowest BCUT2D eigenvalue weighted by molar-refractivity contribution is -0.135. The Morgan fingerprint density at radius 1 is 1.25 bits per heavy atom. The van der Waals surface area contributed by atoms with Gasteiger partial charge < -0.3 is 15.1 Å². The maximum Gasteiger partial charge on any atom is 0.274 e. The lowest BCUT2D eigenvalue weighted by Gasteiger charge is -2.40. The number of halogens is 2. The van der Waals surface area contributed by atoms with E-state index in [-0.39, 0.29) is 30.3 Å². The van der Waals surface area contributed by atoms with E-state index in [4.69, 9.17) is 11.6 Å². The summed E-state index contributed by atoms with van der Waals surface area (Å²) in [6.07, 6.45) is 3.59. The molecule has 1 atom stereocenters. The highest BCUT2D eigenvalue weighted by Crippen LogP contribution is 2.20. The molecule has 0 spiro atoms. The number of hydrogen-bond donors (Lipinski definition) is 1. The highest BCUT2D eigenvalue weighted by atomic mass is 35.5. The first-order valence-electron chi connectivity index (χ1n) is 9.23. The average molecular weight is 424 g/mol. The first-order valence-corrected chi connectivity index (χ1v) is 9.61. The first kappa shape index (κ1) is 20.6. The van der Waals surface area contributed by atoms with Crippen LogP contribution in [0.3, 0.4) is 0 Å². The Labute approximate surface area is 175 Å². The van der Waals surface area contributed by atoms with E-state index in [1.54, 1.807) is 29.1 Å². The molecule has 0 bridgehead atoms.